The number of hydrogen-bond acceptors (Lipinski definition) is 3. The van der Waals surface area contributed by atoms with E-state index in [1.165, 1.54) is 5.56 Å². The summed E-state index contributed by atoms with van der Waals surface area (Å²) in [4.78, 5) is 4.89. The highest BCUT2D eigenvalue weighted by atomic mass is 35.5. The highest BCUT2D eigenvalue weighted by Crippen LogP contribution is 2.57. The van der Waals surface area contributed by atoms with E-state index in [0.29, 0.717) is 10.0 Å². The van der Waals surface area contributed by atoms with Crippen molar-refractivity contribution in [1.82, 2.24) is 4.98 Å². The Morgan fingerprint density at radius 3 is 2.62 bits per heavy atom. The van der Waals surface area contributed by atoms with Crippen LogP contribution in [0.1, 0.15) is 23.4 Å². The molecule has 1 aliphatic carbocycles. The zero-order valence-electron chi connectivity index (χ0n) is 13.1. The molecule has 1 fully saturated rings. The van der Waals surface area contributed by atoms with Gasteiger partial charge in [-0.25, -0.2) is 4.98 Å². The molecule has 1 saturated carbocycles. The quantitative estimate of drug-likeness (QED) is 0.540. The fourth-order valence-electron chi connectivity index (χ4n) is 3.08. The molecule has 0 bridgehead atoms. The molecule has 0 unspecified atom stereocenters. The van der Waals surface area contributed by atoms with E-state index in [1.54, 1.807) is 24.5 Å². The zero-order chi connectivity index (χ0) is 16.7. The molecule has 2 aromatic carbocycles. The fraction of sp³-hybridized carbons (Fsp3) is 0.211. The van der Waals surface area contributed by atoms with Crippen molar-refractivity contribution in [2.45, 2.75) is 18.3 Å². The van der Waals surface area contributed by atoms with Crippen LogP contribution in [0.2, 0.25) is 10.0 Å². The minimum absolute atomic E-state index is 0.0194. The van der Waals surface area contributed by atoms with Crippen LogP contribution in [0.4, 0.5) is 0 Å². The molecule has 24 heavy (non-hydrogen) atoms. The lowest BCUT2D eigenvalue weighted by molar-refractivity contribution is 0.406. The van der Waals surface area contributed by atoms with Crippen molar-refractivity contribution in [3.8, 4) is 17.0 Å². The predicted octanol–water partition coefficient (Wildman–Crippen LogP) is 6.21. The summed E-state index contributed by atoms with van der Waals surface area (Å²) in [5.41, 5.74) is 3.02. The van der Waals surface area contributed by atoms with E-state index in [9.17, 15) is 0 Å². The number of methoxy groups -OCH3 is 1. The molecule has 0 radical (unpaired) electrons. The van der Waals surface area contributed by atoms with Crippen LogP contribution in [0.3, 0.4) is 0 Å². The fourth-order valence-corrected chi connectivity index (χ4v) is 4.68. The first kappa shape index (κ1) is 15.9. The Kier molecular flexibility index (Phi) is 4.03. The molecule has 5 heteroatoms. The van der Waals surface area contributed by atoms with Gasteiger partial charge in [0.05, 0.1) is 23.2 Å². The summed E-state index contributed by atoms with van der Waals surface area (Å²) >= 11 is 14.0. The largest absolute Gasteiger partial charge is 0.496 e. The smallest absolute Gasteiger partial charge is 0.123 e. The molecule has 4 rings (SSSR count). The van der Waals surface area contributed by atoms with Crippen molar-refractivity contribution in [2.24, 2.45) is 0 Å². The Morgan fingerprint density at radius 1 is 1.12 bits per heavy atom. The zero-order valence-corrected chi connectivity index (χ0v) is 15.4. The predicted molar refractivity (Wildman–Crippen MR) is 101 cm³/mol. The molecule has 0 atom stereocenters. The molecule has 122 valence electrons. The third-order valence-electron chi connectivity index (χ3n) is 4.49. The second-order valence-electron chi connectivity index (χ2n) is 5.94. The molecular weight excluding hydrogens is 361 g/mol. The maximum Gasteiger partial charge on any atom is 0.123 e. The molecule has 1 heterocycles. The Balaban J connectivity index is 1.75. The number of nitrogens with zero attached hydrogens (tertiary/aromatic N) is 1. The topological polar surface area (TPSA) is 22.1 Å². The standard InChI is InChI=1S/C19H15Cl2NOS/c1-23-17-5-3-2-4-14(17)19(8-9-19)18-22-16(11-24-18)13-7-6-12(20)10-15(13)21/h2-7,10-11H,8-9H2,1H3. The van der Waals surface area contributed by atoms with Gasteiger partial charge in [-0.15, -0.1) is 11.3 Å². The third kappa shape index (κ3) is 2.61. The summed E-state index contributed by atoms with van der Waals surface area (Å²) in [6.45, 7) is 0. The van der Waals surface area contributed by atoms with E-state index >= 15 is 0 Å². The Morgan fingerprint density at radius 2 is 1.92 bits per heavy atom. The number of benzene rings is 2. The maximum atomic E-state index is 6.33. The highest BCUT2D eigenvalue weighted by molar-refractivity contribution is 7.10. The van der Waals surface area contributed by atoms with Crippen molar-refractivity contribution < 1.29 is 4.74 Å². The van der Waals surface area contributed by atoms with E-state index in [1.807, 2.05) is 24.3 Å². The van der Waals surface area contributed by atoms with Gasteiger partial charge in [-0.2, -0.15) is 0 Å². The van der Waals surface area contributed by atoms with Crippen LogP contribution >= 0.6 is 34.5 Å². The summed E-state index contributed by atoms with van der Waals surface area (Å²) in [5, 5.41) is 4.45. The molecule has 0 amide bonds. The number of ether oxygens (including phenoxy) is 1. The van der Waals surface area contributed by atoms with Gasteiger partial charge in [0.1, 0.15) is 10.8 Å². The van der Waals surface area contributed by atoms with Crippen LogP contribution in [0, 0.1) is 0 Å². The van der Waals surface area contributed by atoms with E-state index in [2.05, 4.69) is 17.5 Å². The molecular formula is C19H15Cl2NOS. The second-order valence-corrected chi connectivity index (χ2v) is 7.65. The molecule has 0 saturated heterocycles. The van der Waals surface area contributed by atoms with Gasteiger partial charge in [-0.05, 0) is 37.1 Å². The van der Waals surface area contributed by atoms with Gasteiger partial charge in [0, 0.05) is 21.5 Å². The normalized spacial score (nSPS) is 15.3. The van der Waals surface area contributed by atoms with Crippen molar-refractivity contribution in [3.63, 3.8) is 0 Å². The number of aromatic nitrogens is 1. The number of hydrogen-bond donors (Lipinski definition) is 0. The molecule has 0 aliphatic heterocycles. The highest BCUT2D eigenvalue weighted by Gasteiger charge is 2.50. The van der Waals surface area contributed by atoms with Crippen LogP contribution < -0.4 is 4.74 Å². The number of thiazole rings is 1. The average Bonchev–Trinajstić information content (AvgIpc) is 3.25. The summed E-state index contributed by atoms with van der Waals surface area (Å²) in [6.07, 6.45) is 2.18. The lowest BCUT2D eigenvalue weighted by Crippen LogP contribution is -2.10. The molecule has 0 N–H and O–H groups in total. The second kappa shape index (κ2) is 6.07. The molecule has 1 aromatic heterocycles. The van der Waals surface area contributed by atoms with Crippen molar-refractivity contribution >= 4 is 34.5 Å². The van der Waals surface area contributed by atoms with Crippen molar-refractivity contribution in [3.05, 3.63) is 68.5 Å². The lowest BCUT2D eigenvalue weighted by Gasteiger charge is -2.16. The Bertz CT molecular complexity index is 902. The molecule has 0 spiro atoms. The van der Waals surface area contributed by atoms with Crippen LogP contribution in [0.25, 0.3) is 11.3 Å². The van der Waals surface area contributed by atoms with Gasteiger partial charge >= 0.3 is 0 Å². The van der Waals surface area contributed by atoms with Gasteiger partial charge in [-0.1, -0.05) is 41.4 Å². The minimum atomic E-state index is -0.0194. The summed E-state index contributed by atoms with van der Waals surface area (Å²) in [5.74, 6) is 0.927. The van der Waals surface area contributed by atoms with E-state index in [-0.39, 0.29) is 5.41 Å². The maximum absolute atomic E-state index is 6.33. The van der Waals surface area contributed by atoms with Crippen molar-refractivity contribution in [2.75, 3.05) is 7.11 Å². The summed E-state index contributed by atoms with van der Waals surface area (Å²) in [6, 6.07) is 13.7. The average molecular weight is 376 g/mol. The first-order chi connectivity index (χ1) is 11.6. The van der Waals surface area contributed by atoms with Crippen LogP contribution in [-0.2, 0) is 5.41 Å². The summed E-state index contributed by atoms with van der Waals surface area (Å²) < 4.78 is 5.56. The summed E-state index contributed by atoms with van der Waals surface area (Å²) in [7, 11) is 1.72. The van der Waals surface area contributed by atoms with Crippen LogP contribution in [0.15, 0.2) is 47.8 Å². The van der Waals surface area contributed by atoms with Crippen LogP contribution in [-0.4, -0.2) is 12.1 Å². The number of para-hydroxylation sites is 1. The first-order valence-corrected chi connectivity index (χ1v) is 9.32. The monoisotopic (exact) mass is 375 g/mol. The van der Waals surface area contributed by atoms with Gasteiger partial charge in [0.15, 0.2) is 0 Å². The van der Waals surface area contributed by atoms with E-state index in [0.717, 1.165) is 34.9 Å². The lowest BCUT2D eigenvalue weighted by atomic mass is 9.95. The Labute approximate surface area is 155 Å². The van der Waals surface area contributed by atoms with Gasteiger partial charge in [0.25, 0.3) is 0 Å². The minimum Gasteiger partial charge on any atom is -0.496 e. The number of rotatable bonds is 4. The number of halogens is 2. The third-order valence-corrected chi connectivity index (χ3v) is 6.09. The van der Waals surface area contributed by atoms with E-state index in [4.69, 9.17) is 32.9 Å². The Hall–Kier alpha value is -1.55. The van der Waals surface area contributed by atoms with Gasteiger partial charge in [-0.3, -0.25) is 0 Å². The first-order valence-electron chi connectivity index (χ1n) is 7.69. The van der Waals surface area contributed by atoms with Gasteiger partial charge < -0.3 is 4.74 Å². The molecule has 3 aromatic rings. The molecule has 1 aliphatic rings. The SMILES string of the molecule is COc1ccccc1C1(c2nc(-c3ccc(Cl)cc3Cl)cs2)CC1. The van der Waals surface area contributed by atoms with Crippen LogP contribution in [0.5, 0.6) is 5.75 Å². The van der Waals surface area contributed by atoms with E-state index < -0.39 is 0 Å². The van der Waals surface area contributed by atoms with Gasteiger partial charge in [0.2, 0.25) is 0 Å². The molecule has 2 nitrogen and oxygen atoms in total. The van der Waals surface area contributed by atoms with Crippen molar-refractivity contribution in [1.29, 1.82) is 0 Å².